The van der Waals surface area contributed by atoms with Crippen molar-refractivity contribution in [2.45, 2.75) is 26.3 Å². The number of hydrogen-bond donors (Lipinski definition) is 1. The lowest BCUT2D eigenvalue weighted by atomic mass is 9.90. The molecule has 0 fully saturated rings. The van der Waals surface area contributed by atoms with E-state index in [1.165, 1.54) is 4.88 Å². The van der Waals surface area contributed by atoms with E-state index in [0.29, 0.717) is 16.7 Å². The SMILES string of the molecule is CCOc1ccc2c(c1)-c1c(ssc1=Nc1ccc(Cl)c(Cl)c1)C(C)(C)N2. The van der Waals surface area contributed by atoms with Gasteiger partial charge in [-0.2, -0.15) is 0 Å². The van der Waals surface area contributed by atoms with Crippen LogP contribution in [-0.4, -0.2) is 6.61 Å². The van der Waals surface area contributed by atoms with Gasteiger partial charge in [-0.05, 0) is 57.2 Å². The first-order valence-electron chi connectivity index (χ1n) is 8.58. The van der Waals surface area contributed by atoms with Crippen LogP contribution in [0, 0.1) is 0 Å². The Morgan fingerprint density at radius 1 is 1.07 bits per heavy atom. The van der Waals surface area contributed by atoms with Gasteiger partial charge < -0.3 is 10.1 Å². The van der Waals surface area contributed by atoms with Gasteiger partial charge >= 0.3 is 0 Å². The number of fused-ring (bicyclic) bond motifs is 3. The fourth-order valence-corrected chi connectivity index (χ4v) is 6.38. The number of hydrogen-bond acceptors (Lipinski definition) is 5. The molecule has 7 heteroatoms. The van der Waals surface area contributed by atoms with Crippen LogP contribution in [0.2, 0.25) is 10.0 Å². The molecule has 140 valence electrons. The Morgan fingerprint density at radius 3 is 2.63 bits per heavy atom. The first kappa shape index (κ1) is 18.8. The molecule has 27 heavy (non-hydrogen) atoms. The average Bonchev–Trinajstić information content (AvgIpc) is 3.04. The minimum Gasteiger partial charge on any atom is -0.494 e. The van der Waals surface area contributed by atoms with E-state index < -0.39 is 0 Å². The molecule has 1 N–H and O–H groups in total. The van der Waals surface area contributed by atoms with Crippen molar-refractivity contribution in [1.82, 2.24) is 0 Å². The predicted molar refractivity (Wildman–Crippen MR) is 117 cm³/mol. The van der Waals surface area contributed by atoms with Crippen molar-refractivity contribution in [3.8, 4) is 16.9 Å². The fourth-order valence-electron chi connectivity index (χ4n) is 3.15. The van der Waals surface area contributed by atoms with E-state index in [1.807, 2.05) is 19.1 Å². The Labute approximate surface area is 175 Å². The molecule has 0 radical (unpaired) electrons. The van der Waals surface area contributed by atoms with Gasteiger partial charge in [-0.25, -0.2) is 4.99 Å². The molecule has 1 aliphatic rings. The molecule has 0 saturated heterocycles. The first-order chi connectivity index (χ1) is 12.9. The topological polar surface area (TPSA) is 33.6 Å². The molecule has 0 atom stereocenters. The monoisotopic (exact) mass is 436 g/mol. The third-order valence-corrected chi connectivity index (χ3v) is 7.75. The highest BCUT2D eigenvalue weighted by atomic mass is 35.5. The summed E-state index contributed by atoms with van der Waals surface area (Å²) in [6, 6.07) is 11.6. The van der Waals surface area contributed by atoms with Gasteiger partial charge in [0.25, 0.3) is 0 Å². The van der Waals surface area contributed by atoms with Crippen molar-refractivity contribution in [3.05, 3.63) is 56.0 Å². The van der Waals surface area contributed by atoms with E-state index in [4.69, 9.17) is 32.9 Å². The number of anilines is 1. The number of halogens is 2. The van der Waals surface area contributed by atoms with E-state index in [9.17, 15) is 0 Å². The summed E-state index contributed by atoms with van der Waals surface area (Å²) >= 11 is 12.2. The van der Waals surface area contributed by atoms with Crippen LogP contribution < -0.4 is 14.7 Å². The minimum absolute atomic E-state index is 0.165. The summed E-state index contributed by atoms with van der Waals surface area (Å²) < 4.78 is 6.69. The highest BCUT2D eigenvalue weighted by Gasteiger charge is 2.33. The zero-order valence-electron chi connectivity index (χ0n) is 15.1. The van der Waals surface area contributed by atoms with Crippen molar-refractivity contribution in [1.29, 1.82) is 0 Å². The predicted octanol–water partition coefficient (Wildman–Crippen LogP) is 7.08. The number of nitrogens with zero attached hydrogens (tertiary/aromatic N) is 1. The van der Waals surface area contributed by atoms with Crippen LogP contribution in [0.25, 0.3) is 11.1 Å². The van der Waals surface area contributed by atoms with Crippen LogP contribution in [-0.2, 0) is 5.54 Å². The van der Waals surface area contributed by atoms with Crippen LogP contribution in [0.3, 0.4) is 0 Å². The quantitative estimate of drug-likeness (QED) is 0.445. The third-order valence-electron chi connectivity index (χ3n) is 4.36. The van der Waals surface area contributed by atoms with E-state index >= 15 is 0 Å². The van der Waals surface area contributed by atoms with Crippen LogP contribution >= 0.6 is 43.9 Å². The molecule has 2 aromatic carbocycles. The zero-order valence-corrected chi connectivity index (χ0v) is 18.2. The second-order valence-corrected chi connectivity index (χ2v) is 9.72. The smallest absolute Gasteiger partial charge is 0.135 e. The molecule has 4 rings (SSSR count). The van der Waals surface area contributed by atoms with Crippen LogP contribution in [0.1, 0.15) is 25.6 Å². The number of benzene rings is 2. The maximum Gasteiger partial charge on any atom is 0.135 e. The van der Waals surface area contributed by atoms with E-state index in [0.717, 1.165) is 32.9 Å². The summed E-state index contributed by atoms with van der Waals surface area (Å²) in [6.07, 6.45) is 0. The molecule has 0 unspecified atom stereocenters. The van der Waals surface area contributed by atoms with Gasteiger partial charge in [-0.15, -0.1) is 0 Å². The van der Waals surface area contributed by atoms with E-state index in [1.54, 1.807) is 32.8 Å². The molecule has 0 bridgehead atoms. The van der Waals surface area contributed by atoms with Gasteiger partial charge in [0.15, 0.2) is 0 Å². The Kier molecular flexibility index (Phi) is 4.97. The van der Waals surface area contributed by atoms with Crippen LogP contribution in [0.4, 0.5) is 11.4 Å². The van der Waals surface area contributed by atoms with Gasteiger partial charge in [0.05, 0.1) is 32.8 Å². The van der Waals surface area contributed by atoms with Gasteiger partial charge in [0.2, 0.25) is 0 Å². The molecule has 0 aliphatic carbocycles. The lowest BCUT2D eigenvalue weighted by molar-refractivity contribution is 0.340. The van der Waals surface area contributed by atoms with Crippen LogP contribution in [0.15, 0.2) is 41.4 Å². The molecular weight excluding hydrogens is 419 g/mol. The Balaban J connectivity index is 1.93. The molecule has 0 amide bonds. The lowest BCUT2D eigenvalue weighted by Gasteiger charge is -2.33. The zero-order chi connectivity index (χ0) is 19.2. The van der Waals surface area contributed by atoms with E-state index in [2.05, 4.69) is 31.3 Å². The highest BCUT2D eigenvalue weighted by molar-refractivity contribution is 7.68. The summed E-state index contributed by atoms with van der Waals surface area (Å²) in [5.41, 5.74) is 4.00. The molecule has 3 nitrogen and oxygen atoms in total. The molecule has 1 aliphatic heterocycles. The van der Waals surface area contributed by atoms with Gasteiger partial charge in [-0.3, -0.25) is 0 Å². The van der Waals surface area contributed by atoms with Gasteiger partial charge in [0, 0.05) is 16.8 Å². The number of nitrogens with one attached hydrogen (secondary N) is 1. The van der Waals surface area contributed by atoms with Crippen molar-refractivity contribution in [2.24, 2.45) is 4.99 Å². The summed E-state index contributed by atoms with van der Waals surface area (Å²) in [7, 11) is 3.43. The van der Waals surface area contributed by atoms with Gasteiger partial charge in [0.1, 0.15) is 10.4 Å². The Morgan fingerprint density at radius 2 is 1.89 bits per heavy atom. The van der Waals surface area contributed by atoms with Gasteiger partial charge in [-0.1, -0.05) is 43.9 Å². The third kappa shape index (κ3) is 3.49. The maximum atomic E-state index is 6.17. The molecule has 0 spiro atoms. The summed E-state index contributed by atoms with van der Waals surface area (Å²) in [5.74, 6) is 0.861. The Hall–Kier alpha value is -1.53. The van der Waals surface area contributed by atoms with Crippen molar-refractivity contribution >= 4 is 55.3 Å². The number of rotatable bonds is 3. The summed E-state index contributed by atoms with van der Waals surface area (Å²) in [6.45, 7) is 7.01. The van der Waals surface area contributed by atoms with Crippen molar-refractivity contribution < 1.29 is 4.74 Å². The van der Waals surface area contributed by atoms with Crippen molar-refractivity contribution in [3.63, 3.8) is 0 Å². The normalized spacial score (nSPS) is 15.1. The number of ether oxygens (including phenoxy) is 1. The van der Waals surface area contributed by atoms with Crippen LogP contribution in [0.5, 0.6) is 5.75 Å². The van der Waals surface area contributed by atoms with E-state index in [-0.39, 0.29) is 5.54 Å². The molecule has 1 aromatic heterocycles. The average molecular weight is 437 g/mol. The largest absolute Gasteiger partial charge is 0.494 e. The Bertz CT molecular complexity index is 1090. The minimum atomic E-state index is -0.165. The highest BCUT2D eigenvalue weighted by Crippen LogP contribution is 2.46. The molecular formula is C20H18Cl2N2OS2. The first-order valence-corrected chi connectivity index (χ1v) is 11.5. The standard InChI is InChI=1S/C20H18Cl2N2OS2/c1-4-25-12-6-8-16-13(10-12)17-18(20(2,3)24-16)26-27-19(17)23-11-5-7-14(21)15(22)9-11/h5-10,24H,4H2,1-3H3. The second kappa shape index (κ2) is 7.13. The molecule has 3 aromatic rings. The lowest BCUT2D eigenvalue weighted by Crippen LogP contribution is -2.31. The maximum absolute atomic E-state index is 6.17. The summed E-state index contributed by atoms with van der Waals surface area (Å²) in [5, 5.41) is 4.68. The fraction of sp³-hybridized carbons (Fsp3) is 0.250. The molecule has 0 saturated carbocycles. The van der Waals surface area contributed by atoms with Crippen molar-refractivity contribution in [2.75, 3.05) is 11.9 Å². The summed E-state index contributed by atoms with van der Waals surface area (Å²) in [4.78, 5) is 6.14. The second-order valence-electron chi connectivity index (χ2n) is 6.78. The molecule has 2 heterocycles.